The summed E-state index contributed by atoms with van der Waals surface area (Å²) in [6, 6.07) is 2.40. The van der Waals surface area contributed by atoms with Gasteiger partial charge in [-0.2, -0.15) is 5.26 Å². The maximum absolute atomic E-state index is 9.46. The normalized spacial score (nSPS) is 19.6. The van der Waals surface area contributed by atoms with Gasteiger partial charge in [-0.25, -0.2) is 4.99 Å². The summed E-state index contributed by atoms with van der Waals surface area (Å²) >= 11 is 1.74. The first-order valence-electron chi connectivity index (χ1n) is 7.71. The average Bonchev–Trinajstić information content (AvgIpc) is 2.66. The Labute approximate surface area is 124 Å². The Bertz CT molecular complexity index is 533. The van der Waals surface area contributed by atoms with E-state index in [0.29, 0.717) is 0 Å². The molecule has 0 aromatic carbocycles. The van der Waals surface area contributed by atoms with Crippen molar-refractivity contribution in [2.24, 2.45) is 4.99 Å². The minimum atomic E-state index is 0.847. The molecule has 0 unspecified atom stereocenters. The van der Waals surface area contributed by atoms with Crippen LogP contribution in [0.1, 0.15) is 54.5 Å². The zero-order valence-corrected chi connectivity index (χ0v) is 12.7. The maximum atomic E-state index is 9.46. The zero-order valence-electron chi connectivity index (χ0n) is 11.9. The molecule has 0 atom stereocenters. The predicted molar refractivity (Wildman–Crippen MR) is 83.9 cm³/mol. The third-order valence-corrected chi connectivity index (χ3v) is 5.44. The Morgan fingerprint density at radius 1 is 1.05 bits per heavy atom. The molecule has 1 aliphatic carbocycles. The molecular weight excluding hydrogens is 266 g/mol. The van der Waals surface area contributed by atoms with Gasteiger partial charge in [-0.3, -0.25) is 0 Å². The molecule has 106 valence electrons. The highest BCUT2D eigenvalue weighted by Crippen LogP contribution is 2.38. The third-order valence-electron chi connectivity index (χ3n) is 4.24. The molecule has 0 bridgehead atoms. The van der Waals surface area contributed by atoms with Gasteiger partial charge in [-0.1, -0.05) is 6.42 Å². The summed E-state index contributed by atoms with van der Waals surface area (Å²) in [4.78, 5) is 8.33. The van der Waals surface area contributed by atoms with E-state index in [1.165, 1.54) is 49.0 Å². The number of hydrogen-bond donors (Lipinski definition) is 0. The van der Waals surface area contributed by atoms with Gasteiger partial charge < -0.3 is 4.90 Å². The first-order chi connectivity index (χ1) is 9.88. The summed E-state index contributed by atoms with van der Waals surface area (Å²) in [6.45, 7) is 2.22. The second-order valence-corrected chi connectivity index (χ2v) is 6.78. The van der Waals surface area contributed by atoms with Crippen LogP contribution < -0.4 is 0 Å². The predicted octanol–water partition coefficient (Wildman–Crippen LogP) is 4.03. The van der Waals surface area contributed by atoms with Gasteiger partial charge in [0.05, 0.1) is 11.9 Å². The van der Waals surface area contributed by atoms with Gasteiger partial charge in [0.25, 0.3) is 0 Å². The van der Waals surface area contributed by atoms with E-state index in [9.17, 15) is 5.26 Å². The molecule has 2 aliphatic rings. The molecule has 1 saturated heterocycles. The van der Waals surface area contributed by atoms with E-state index < -0.39 is 0 Å². The molecule has 4 heteroatoms. The lowest BCUT2D eigenvalue weighted by atomic mass is 10.1. The van der Waals surface area contributed by atoms with Crippen molar-refractivity contribution >= 4 is 22.7 Å². The van der Waals surface area contributed by atoms with E-state index in [1.807, 2.05) is 6.34 Å². The first-order valence-corrected chi connectivity index (χ1v) is 8.53. The second-order valence-electron chi connectivity index (χ2n) is 5.70. The lowest BCUT2D eigenvalue weighted by Crippen LogP contribution is -2.27. The fraction of sp³-hybridized carbons (Fsp3) is 0.625. The van der Waals surface area contributed by atoms with Crippen molar-refractivity contribution < 1.29 is 0 Å². The number of thiophene rings is 1. The van der Waals surface area contributed by atoms with Crippen molar-refractivity contribution in [1.29, 1.82) is 5.26 Å². The SMILES string of the molecule is N#Cc1c(N=CN2CCCCC2)sc2c1CCCCC2. The number of nitriles is 1. The van der Waals surface area contributed by atoms with Crippen molar-refractivity contribution in [3.05, 3.63) is 16.0 Å². The van der Waals surface area contributed by atoms with Crippen LogP contribution in [-0.4, -0.2) is 24.3 Å². The van der Waals surface area contributed by atoms with Gasteiger partial charge in [-0.05, 0) is 50.5 Å². The largest absolute Gasteiger partial charge is 0.363 e. The monoisotopic (exact) mass is 287 g/mol. The Hall–Kier alpha value is -1.34. The molecule has 0 spiro atoms. The zero-order chi connectivity index (χ0) is 13.8. The molecule has 20 heavy (non-hydrogen) atoms. The molecule has 3 nitrogen and oxygen atoms in total. The number of aryl methyl sites for hydroxylation is 1. The minimum Gasteiger partial charge on any atom is -0.363 e. The fourth-order valence-corrected chi connectivity index (χ4v) is 4.28. The van der Waals surface area contributed by atoms with E-state index in [1.54, 1.807) is 11.3 Å². The lowest BCUT2D eigenvalue weighted by Gasteiger charge is -2.23. The fourth-order valence-electron chi connectivity index (χ4n) is 3.10. The molecule has 1 aromatic rings. The van der Waals surface area contributed by atoms with Crippen LogP contribution in [0.15, 0.2) is 4.99 Å². The summed E-state index contributed by atoms with van der Waals surface area (Å²) in [5.41, 5.74) is 2.14. The summed E-state index contributed by atoms with van der Waals surface area (Å²) in [5, 5.41) is 10.4. The van der Waals surface area contributed by atoms with Gasteiger partial charge in [0.15, 0.2) is 0 Å². The maximum Gasteiger partial charge on any atom is 0.136 e. The third kappa shape index (κ3) is 2.88. The molecule has 0 N–H and O–H groups in total. The first kappa shape index (κ1) is 13.6. The standard InChI is InChI=1S/C16H21N3S/c17-11-14-13-7-3-1-4-8-15(13)20-16(14)18-12-19-9-5-2-6-10-19/h12H,1-10H2. The van der Waals surface area contributed by atoms with Crippen molar-refractivity contribution in [1.82, 2.24) is 4.90 Å². The molecule has 0 radical (unpaired) electrons. The van der Waals surface area contributed by atoms with Crippen LogP contribution in [0.3, 0.4) is 0 Å². The average molecular weight is 287 g/mol. The number of rotatable bonds is 2. The van der Waals surface area contributed by atoms with Crippen molar-refractivity contribution in [2.75, 3.05) is 13.1 Å². The number of aliphatic imine (C=N–C) groups is 1. The van der Waals surface area contributed by atoms with Gasteiger partial charge in [-0.15, -0.1) is 11.3 Å². The van der Waals surface area contributed by atoms with Gasteiger partial charge in [0.1, 0.15) is 11.1 Å². The van der Waals surface area contributed by atoms with Gasteiger partial charge in [0.2, 0.25) is 0 Å². The highest BCUT2D eigenvalue weighted by Gasteiger charge is 2.19. The molecular formula is C16H21N3S. The van der Waals surface area contributed by atoms with Crippen molar-refractivity contribution in [3.63, 3.8) is 0 Å². The number of hydrogen-bond acceptors (Lipinski definition) is 3. The molecule has 1 aliphatic heterocycles. The van der Waals surface area contributed by atoms with E-state index in [4.69, 9.17) is 0 Å². The summed E-state index contributed by atoms with van der Waals surface area (Å²) in [5.74, 6) is 0. The highest BCUT2D eigenvalue weighted by atomic mass is 32.1. The van der Waals surface area contributed by atoms with Crippen molar-refractivity contribution in [2.45, 2.75) is 51.4 Å². The van der Waals surface area contributed by atoms with Gasteiger partial charge in [0, 0.05) is 18.0 Å². The van der Waals surface area contributed by atoms with E-state index in [-0.39, 0.29) is 0 Å². The summed E-state index contributed by atoms with van der Waals surface area (Å²) < 4.78 is 0. The van der Waals surface area contributed by atoms with Crippen LogP contribution in [0.5, 0.6) is 0 Å². The van der Waals surface area contributed by atoms with E-state index in [0.717, 1.165) is 36.5 Å². The molecule has 0 saturated carbocycles. The molecule has 2 heterocycles. The van der Waals surface area contributed by atoms with Crippen LogP contribution in [0.25, 0.3) is 0 Å². The van der Waals surface area contributed by atoms with Crippen LogP contribution in [0.4, 0.5) is 5.00 Å². The van der Waals surface area contributed by atoms with Crippen LogP contribution in [0.2, 0.25) is 0 Å². The molecule has 1 fully saturated rings. The van der Waals surface area contributed by atoms with Crippen LogP contribution in [0, 0.1) is 11.3 Å². The highest BCUT2D eigenvalue weighted by molar-refractivity contribution is 7.16. The minimum absolute atomic E-state index is 0.847. The Kier molecular flexibility index (Phi) is 4.37. The van der Waals surface area contributed by atoms with Crippen LogP contribution in [-0.2, 0) is 12.8 Å². The number of nitrogens with zero attached hydrogens (tertiary/aromatic N) is 3. The molecule has 3 rings (SSSR count). The topological polar surface area (TPSA) is 39.4 Å². The quantitative estimate of drug-likeness (QED) is 0.468. The van der Waals surface area contributed by atoms with E-state index >= 15 is 0 Å². The molecule has 1 aromatic heterocycles. The number of likely N-dealkylation sites (tertiary alicyclic amines) is 1. The Balaban J connectivity index is 1.82. The Morgan fingerprint density at radius 3 is 2.60 bits per heavy atom. The summed E-state index contributed by atoms with van der Waals surface area (Å²) in [6.07, 6.45) is 11.8. The smallest absolute Gasteiger partial charge is 0.136 e. The lowest BCUT2D eigenvalue weighted by molar-refractivity contribution is 0.351. The number of piperidine rings is 1. The molecule has 0 amide bonds. The van der Waals surface area contributed by atoms with E-state index in [2.05, 4.69) is 16.0 Å². The Morgan fingerprint density at radius 2 is 1.80 bits per heavy atom. The van der Waals surface area contributed by atoms with Crippen molar-refractivity contribution in [3.8, 4) is 6.07 Å². The second kappa shape index (κ2) is 6.41. The van der Waals surface area contributed by atoms with Gasteiger partial charge >= 0.3 is 0 Å². The number of fused-ring (bicyclic) bond motifs is 1. The summed E-state index contributed by atoms with van der Waals surface area (Å²) in [7, 11) is 0. The van der Waals surface area contributed by atoms with Crippen LogP contribution >= 0.6 is 11.3 Å².